The second kappa shape index (κ2) is 6.05. The van der Waals surface area contributed by atoms with Gasteiger partial charge < -0.3 is 14.3 Å². The summed E-state index contributed by atoms with van der Waals surface area (Å²) in [5.41, 5.74) is 2.18. The highest BCUT2D eigenvalue weighted by Gasteiger charge is 2.12. The summed E-state index contributed by atoms with van der Waals surface area (Å²) in [4.78, 5) is 4.48. The topological polar surface area (TPSA) is 68.8 Å². The molecule has 6 heteroatoms. The number of hydrogen-bond acceptors (Lipinski definition) is 5. The van der Waals surface area contributed by atoms with Gasteiger partial charge in [-0.05, 0) is 24.2 Å². The molecule has 3 aromatic heterocycles. The van der Waals surface area contributed by atoms with Crippen molar-refractivity contribution in [3.63, 3.8) is 0 Å². The second-order valence-electron chi connectivity index (χ2n) is 4.88. The molecule has 0 fully saturated rings. The van der Waals surface area contributed by atoms with Crippen LogP contribution in [-0.4, -0.2) is 26.3 Å². The number of aryl methyl sites for hydroxylation is 1. The average molecular weight is 285 g/mol. The third kappa shape index (κ3) is 2.80. The predicted molar refractivity (Wildman–Crippen MR) is 79.9 cm³/mol. The molecule has 0 unspecified atom stereocenters. The van der Waals surface area contributed by atoms with Crippen molar-refractivity contribution >= 4 is 11.0 Å². The van der Waals surface area contributed by atoms with Crippen LogP contribution < -0.4 is 5.32 Å². The van der Waals surface area contributed by atoms with Crippen molar-refractivity contribution in [1.82, 2.24) is 25.1 Å². The summed E-state index contributed by atoms with van der Waals surface area (Å²) in [5.74, 6) is 1.28. The zero-order valence-corrected chi connectivity index (χ0v) is 12.3. The lowest BCUT2D eigenvalue weighted by Gasteiger charge is -1.99. The monoisotopic (exact) mass is 285 g/mol. The van der Waals surface area contributed by atoms with Crippen LogP contribution in [0.1, 0.15) is 31.2 Å². The molecule has 0 saturated carbocycles. The molecule has 0 radical (unpaired) electrons. The minimum atomic E-state index is 0.548. The molecule has 0 amide bonds. The fourth-order valence-corrected chi connectivity index (χ4v) is 2.36. The van der Waals surface area contributed by atoms with Gasteiger partial charge in [0, 0.05) is 30.7 Å². The Balaban J connectivity index is 1.93. The lowest BCUT2D eigenvalue weighted by molar-refractivity contribution is 0.444. The molecule has 0 spiro atoms. The zero-order valence-electron chi connectivity index (χ0n) is 12.3. The molecule has 110 valence electrons. The van der Waals surface area contributed by atoms with Gasteiger partial charge in [0.25, 0.3) is 0 Å². The summed E-state index contributed by atoms with van der Waals surface area (Å²) in [6.45, 7) is 6.42. The summed E-state index contributed by atoms with van der Waals surface area (Å²) in [6, 6.07) is 4.06. The lowest BCUT2D eigenvalue weighted by atomic mass is 10.2. The Bertz CT molecular complexity index is 731. The quantitative estimate of drug-likeness (QED) is 0.751. The van der Waals surface area contributed by atoms with E-state index in [4.69, 9.17) is 4.42 Å². The Morgan fingerprint density at radius 3 is 2.86 bits per heavy atom. The maximum absolute atomic E-state index is 5.59. The summed E-state index contributed by atoms with van der Waals surface area (Å²) in [6.07, 6.45) is 4.67. The van der Waals surface area contributed by atoms with Crippen LogP contribution in [0, 0.1) is 0 Å². The minimum absolute atomic E-state index is 0.548. The van der Waals surface area contributed by atoms with E-state index in [0.717, 1.165) is 30.5 Å². The lowest BCUT2D eigenvalue weighted by Crippen LogP contribution is -2.11. The van der Waals surface area contributed by atoms with E-state index in [1.165, 1.54) is 5.56 Å². The van der Waals surface area contributed by atoms with Crippen LogP contribution in [0.2, 0.25) is 0 Å². The third-order valence-corrected chi connectivity index (χ3v) is 3.40. The number of fused-ring (bicyclic) bond motifs is 1. The van der Waals surface area contributed by atoms with E-state index in [9.17, 15) is 0 Å². The molecule has 3 rings (SSSR count). The van der Waals surface area contributed by atoms with Gasteiger partial charge in [0.2, 0.25) is 11.8 Å². The molecule has 0 aromatic carbocycles. The van der Waals surface area contributed by atoms with Gasteiger partial charge in [-0.25, -0.2) is 4.98 Å². The first-order valence-electron chi connectivity index (χ1n) is 7.26. The Kier molecular flexibility index (Phi) is 3.96. The van der Waals surface area contributed by atoms with Crippen molar-refractivity contribution in [3.05, 3.63) is 41.9 Å². The van der Waals surface area contributed by atoms with Gasteiger partial charge in [-0.15, -0.1) is 10.2 Å². The van der Waals surface area contributed by atoms with Gasteiger partial charge in [-0.1, -0.05) is 13.8 Å². The van der Waals surface area contributed by atoms with Gasteiger partial charge in [-0.2, -0.15) is 0 Å². The number of nitrogens with one attached hydrogen (secondary N) is 1. The van der Waals surface area contributed by atoms with Gasteiger partial charge in [0.05, 0.1) is 0 Å². The van der Waals surface area contributed by atoms with Crippen LogP contribution in [0.25, 0.3) is 11.0 Å². The molecule has 6 nitrogen and oxygen atoms in total. The minimum Gasteiger partial charge on any atom is -0.423 e. The van der Waals surface area contributed by atoms with Crippen molar-refractivity contribution in [2.75, 3.05) is 6.54 Å². The molecular weight excluding hydrogens is 266 g/mol. The van der Waals surface area contributed by atoms with E-state index >= 15 is 0 Å². The molecule has 0 aliphatic heterocycles. The van der Waals surface area contributed by atoms with Gasteiger partial charge in [-0.3, -0.25) is 0 Å². The van der Waals surface area contributed by atoms with Crippen molar-refractivity contribution in [2.24, 2.45) is 0 Å². The largest absolute Gasteiger partial charge is 0.423 e. The van der Waals surface area contributed by atoms with E-state index < -0.39 is 0 Å². The Morgan fingerprint density at radius 1 is 1.24 bits per heavy atom. The molecule has 0 saturated heterocycles. The summed E-state index contributed by atoms with van der Waals surface area (Å²) in [7, 11) is 0. The normalized spacial score (nSPS) is 11.3. The molecule has 0 atom stereocenters. The third-order valence-electron chi connectivity index (χ3n) is 3.40. The first-order chi connectivity index (χ1) is 10.3. The summed E-state index contributed by atoms with van der Waals surface area (Å²) < 4.78 is 7.65. The van der Waals surface area contributed by atoms with E-state index in [1.807, 2.05) is 13.0 Å². The molecule has 0 aliphatic carbocycles. The van der Waals surface area contributed by atoms with Crippen LogP contribution >= 0.6 is 0 Å². The molecule has 0 aliphatic rings. The number of pyridine rings is 1. The second-order valence-corrected chi connectivity index (χ2v) is 4.88. The average Bonchev–Trinajstić information content (AvgIpc) is 3.11. The number of aromatic nitrogens is 4. The smallest absolute Gasteiger partial charge is 0.236 e. The van der Waals surface area contributed by atoms with Crippen LogP contribution in [-0.2, 0) is 19.5 Å². The zero-order chi connectivity index (χ0) is 14.7. The highest BCUT2D eigenvalue weighted by atomic mass is 16.4. The first kappa shape index (κ1) is 13.8. The first-order valence-corrected chi connectivity index (χ1v) is 7.26. The fraction of sp³-hybridized carbons (Fsp3) is 0.400. The predicted octanol–water partition coefficient (Wildman–Crippen LogP) is 2.14. The van der Waals surface area contributed by atoms with E-state index in [0.29, 0.717) is 18.3 Å². The number of nitrogens with zero attached hydrogens (tertiary/aromatic N) is 4. The maximum Gasteiger partial charge on any atom is 0.236 e. The molecule has 21 heavy (non-hydrogen) atoms. The Hall–Kier alpha value is -2.21. The molecular formula is C15H19N5O. The van der Waals surface area contributed by atoms with Crippen LogP contribution in [0.3, 0.4) is 0 Å². The highest BCUT2D eigenvalue weighted by Crippen LogP contribution is 2.20. The van der Waals surface area contributed by atoms with Crippen molar-refractivity contribution < 1.29 is 4.42 Å². The molecule has 0 bridgehead atoms. The van der Waals surface area contributed by atoms with Gasteiger partial charge in [0.15, 0.2) is 0 Å². The molecule has 3 aromatic rings. The number of rotatable bonds is 6. The van der Waals surface area contributed by atoms with Gasteiger partial charge in [0.1, 0.15) is 12.2 Å². The van der Waals surface area contributed by atoms with Crippen molar-refractivity contribution in [1.29, 1.82) is 0 Å². The summed E-state index contributed by atoms with van der Waals surface area (Å²) in [5, 5.41) is 12.6. The van der Waals surface area contributed by atoms with Gasteiger partial charge >= 0.3 is 0 Å². The Morgan fingerprint density at radius 2 is 2.10 bits per heavy atom. The molecule has 1 N–H and O–H groups in total. The van der Waals surface area contributed by atoms with Crippen molar-refractivity contribution in [3.8, 4) is 0 Å². The van der Waals surface area contributed by atoms with Crippen molar-refractivity contribution in [2.45, 2.75) is 33.4 Å². The van der Waals surface area contributed by atoms with E-state index in [2.05, 4.69) is 44.3 Å². The maximum atomic E-state index is 5.59. The summed E-state index contributed by atoms with van der Waals surface area (Å²) >= 11 is 0. The van der Waals surface area contributed by atoms with E-state index in [-0.39, 0.29) is 0 Å². The van der Waals surface area contributed by atoms with E-state index in [1.54, 1.807) is 6.20 Å². The van der Waals surface area contributed by atoms with Crippen LogP contribution in [0.4, 0.5) is 0 Å². The standard InChI is InChI=1S/C15H19N5O/c1-3-13-18-19-14(21-13)10-20-9-11(8-16-4-2)12-6-5-7-17-15(12)20/h5-7,9,16H,3-4,8,10H2,1-2H3. The Labute approximate surface area is 123 Å². The van der Waals surface area contributed by atoms with Crippen LogP contribution in [0.5, 0.6) is 0 Å². The molecule has 3 heterocycles. The fourth-order valence-electron chi connectivity index (χ4n) is 2.36. The van der Waals surface area contributed by atoms with Crippen LogP contribution in [0.15, 0.2) is 28.9 Å². The highest BCUT2D eigenvalue weighted by molar-refractivity contribution is 5.80. The SMILES string of the molecule is CCNCc1cn(Cc2nnc(CC)o2)c2ncccc12. The number of hydrogen-bond donors (Lipinski definition) is 1.